The van der Waals surface area contributed by atoms with Gasteiger partial charge in [0.1, 0.15) is 6.04 Å². The minimum absolute atomic E-state index is 0.0127. The highest BCUT2D eigenvalue weighted by Gasteiger charge is 2.23. The van der Waals surface area contributed by atoms with Crippen LogP contribution in [0.2, 0.25) is 0 Å². The van der Waals surface area contributed by atoms with Crippen LogP contribution in [0.25, 0.3) is 0 Å². The summed E-state index contributed by atoms with van der Waals surface area (Å²) in [6, 6.07) is -0.901. The maximum atomic E-state index is 12.0. The molecule has 0 heterocycles. The van der Waals surface area contributed by atoms with Crippen molar-refractivity contribution in [1.29, 1.82) is 0 Å². The van der Waals surface area contributed by atoms with Gasteiger partial charge in [-0.25, -0.2) is 4.79 Å². The van der Waals surface area contributed by atoms with Gasteiger partial charge in [-0.05, 0) is 25.2 Å². The Labute approximate surface area is 132 Å². The molecule has 0 spiro atoms. The van der Waals surface area contributed by atoms with Crippen LogP contribution in [0, 0.1) is 11.8 Å². The van der Waals surface area contributed by atoms with Gasteiger partial charge in [0, 0.05) is 5.92 Å². The van der Waals surface area contributed by atoms with Gasteiger partial charge in [0.05, 0.1) is 6.54 Å². The van der Waals surface area contributed by atoms with E-state index in [9.17, 15) is 14.4 Å². The first-order chi connectivity index (χ1) is 10.4. The standard InChI is InChI=1S/C16H28N2O4/c1-11(2)9-13(16(21)22)18-14(19)10-17-15(20)12-7-5-3-4-6-8-12/h11-13H,3-10H2,1-2H3,(H,17,20)(H,18,19)(H,21,22)/t13-/m0/s1. The van der Waals surface area contributed by atoms with Crippen molar-refractivity contribution in [1.82, 2.24) is 10.6 Å². The molecule has 1 rings (SSSR count). The molecule has 0 aromatic heterocycles. The smallest absolute Gasteiger partial charge is 0.326 e. The van der Waals surface area contributed by atoms with E-state index in [0.717, 1.165) is 25.7 Å². The van der Waals surface area contributed by atoms with Gasteiger partial charge >= 0.3 is 5.97 Å². The van der Waals surface area contributed by atoms with Crippen molar-refractivity contribution in [2.24, 2.45) is 11.8 Å². The van der Waals surface area contributed by atoms with E-state index in [1.165, 1.54) is 12.8 Å². The third kappa shape index (κ3) is 6.91. The molecular weight excluding hydrogens is 284 g/mol. The molecule has 0 saturated heterocycles. The molecule has 1 aliphatic carbocycles. The number of rotatable bonds is 7. The van der Waals surface area contributed by atoms with E-state index in [2.05, 4.69) is 10.6 Å². The van der Waals surface area contributed by atoms with Crippen molar-refractivity contribution in [2.75, 3.05) is 6.54 Å². The number of amides is 2. The van der Waals surface area contributed by atoms with Gasteiger partial charge in [-0.2, -0.15) is 0 Å². The Balaban J connectivity index is 2.37. The molecule has 0 unspecified atom stereocenters. The lowest BCUT2D eigenvalue weighted by Crippen LogP contribution is -2.46. The van der Waals surface area contributed by atoms with Crippen LogP contribution >= 0.6 is 0 Å². The molecule has 1 atom stereocenters. The van der Waals surface area contributed by atoms with Crippen LogP contribution in [0.4, 0.5) is 0 Å². The van der Waals surface area contributed by atoms with Crippen molar-refractivity contribution >= 4 is 17.8 Å². The van der Waals surface area contributed by atoms with Crippen molar-refractivity contribution in [3.63, 3.8) is 0 Å². The molecule has 0 aromatic rings. The van der Waals surface area contributed by atoms with E-state index in [1.807, 2.05) is 13.8 Å². The van der Waals surface area contributed by atoms with E-state index in [0.29, 0.717) is 6.42 Å². The van der Waals surface area contributed by atoms with Gasteiger partial charge in [-0.1, -0.05) is 39.5 Å². The Morgan fingerprint density at radius 3 is 2.18 bits per heavy atom. The van der Waals surface area contributed by atoms with Crippen molar-refractivity contribution in [3.05, 3.63) is 0 Å². The molecule has 3 N–H and O–H groups in total. The number of carboxylic acid groups (broad SMARTS) is 1. The summed E-state index contributed by atoms with van der Waals surface area (Å²) in [4.78, 5) is 34.9. The second kappa shape index (κ2) is 9.43. The fraction of sp³-hybridized carbons (Fsp3) is 0.812. The Morgan fingerprint density at radius 2 is 1.68 bits per heavy atom. The summed E-state index contributed by atoms with van der Waals surface area (Å²) in [5.41, 5.74) is 0. The van der Waals surface area contributed by atoms with Crippen molar-refractivity contribution in [2.45, 2.75) is 64.8 Å². The van der Waals surface area contributed by atoms with Gasteiger partial charge in [0.2, 0.25) is 11.8 Å². The minimum Gasteiger partial charge on any atom is -0.480 e. The summed E-state index contributed by atoms with van der Waals surface area (Å²) in [6.07, 6.45) is 6.56. The first-order valence-electron chi connectivity index (χ1n) is 8.20. The molecule has 1 fully saturated rings. The van der Waals surface area contributed by atoms with Gasteiger partial charge in [0.15, 0.2) is 0 Å². The number of hydrogen-bond acceptors (Lipinski definition) is 3. The maximum absolute atomic E-state index is 12.0. The molecule has 0 bridgehead atoms. The lowest BCUT2D eigenvalue weighted by Gasteiger charge is -2.18. The third-order valence-corrected chi connectivity index (χ3v) is 3.99. The van der Waals surface area contributed by atoms with Gasteiger partial charge in [-0.3, -0.25) is 9.59 Å². The van der Waals surface area contributed by atoms with Crippen LogP contribution in [0.3, 0.4) is 0 Å². The van der Waals surface area contributed by atoms with Crippen LogP contribution in [-0.2, 0) is 14.4 Å². The van der Waals surface area contributed by atoms with Crippen LogP contribution in [0.15, 0.2) is 0 Å². The first kappa shape index (κ1) is 18.5. The molecule has 1 saturated carbocycles. The number of carbonyl (C=O) groups is 3. The lowest BCUT2D eigenvalue weighted by atomic mass is 9.99. The molecule has 1 aliphatic rings. The Hall–Kier alpha value is -1.59. The predicted molar refractivity (Wildman–Crippen MR) is 83.2 cm³/mol. The topological polar surface area (TPSA) is 95.5 Å². The molecular formula is C16H28N2O4. The molecule has 6 nitrogen and oxygen atoms in total. The van der Waals surface area contributed by atoms with E-state index in [1.54, 1.807) is 0 Å². The largest absolute Gasteiger partial charge is 0.480 e. The zero-order valence-electron chi connectivity index (χ0n) is 13.6. The molecule has 6 heteroatoms. The highest BCUT2D eigenvalue weighted by molar-refractivity contribution is 5.88. The number of carboxylic acids is 1. The third-order valence-electron chi connectivity index (χ3n) is 3.99. The fourth-order valence-electron chi connectivity index (χ4n) is 2.79. The SMILES string of the molecule is CC(C)C[C@H](NC(=O)CNC(=O)C1CCCCCC1)C(=O)O. The highest BCUT2D eigenvalue weighted by Crippen LogP contribution is 2.22. The Bertz CT molecular complexity index is 388. The van der Waals surface area contributed by atoms with Crippen LogP contribution in [0.5, 0.6) is 0 Å². The minimum atomic E-state index is -1.04. The number of aliphatic carboxylic acids is 1. The monoisotopic (exact) mass is 312 g/mol. The lowest BCUT2D eigenvalue weighted by molar-refractivity contribution is -0.142. The van der Waals surface area contributed by atoms with Gasteiger partial charge in [-0.15, -0.1) is 0 Å². The zero-order valence-corrected chi connectivity index (χ0v) is 13.6. The second-order valence-electron chi connectivity index (χ2n) is 6.49. The van der Waals surface area contributed by atoms with E-state index >= 15 is 0 Å². The van der Waals surface area contributed by atoms with Crippen LogP contribution in [0.1, 0.15) is 58.8 Å². The van der Waals surface area contributed by atoms with Crippen molar-refractivity contribution < 1.29 is 19.5 Å². The molecule has 0 aromatic carbocycles. The van der Waals surface area contributed by atoms with Gasteiger partial charge in [0.25, 0.3) is 0 Å². The average Bonchev–Trinajstić information content (AvgIpc) is 2.72. The van der Waals surface area contributed by atoms with Crippen LogP contribution in [-0.4, -0.2) is 35.5 Å². The van der Waals surface area contributed by atoms with E-state index in [4.69, 9.17) is 5.11 Å². The summed E-state index contributed by atoms with van der Waals surface area (Å²) in [7, 11) is 0. The summed E-state index contributed by atoms with van der Waals surface area (Å²) in [6.45, 7) is 3.64. The van der Waals surface area contributed by atoms with Gasteiger partial charge < -0.3 is 15.7 Å². The van der Waals surface area contributed by atoms with E-state index < -0.39 is 17.9 Å². The zero-order chi connectivity index (χ0) is 16.5. The second-order valence-corrected chi connectivity index (χ2v) is 6.49. The normalized spacial score (nSPS) is 17.6. The molecule has 126 valence electrons. The predicted octanol–water partition coefficient (Wildman–Crippen LogP) is 1.69. The summed E-state index contributed by atoms with van der Waals surface area (Å²) in [5.74, 6) is -1.43. The number of nitrogens with one attached hydrogen (secondary N) is 2. The Morgan fingerprint density at radius 1 is 1.09 bits per heavy atom. The quantitative estimate of drug-likeness (QED) is 0.623. The maximum Gasteiger partial charge on any atom is 0.326 e. The molecule has 22 heavy (non-hydrogen) atoms. The highest BCUT2D eigenvalue weighted by atomic mass is 16.4. The summed E-state index contributed by atoms with van der Waals surface area (Å²) >= 11 is 0. The molecule has 2 amide bonds. The van der Waals surface area contributed by atoms with Crippen molar-refractivity contribution in [3.8, 4) is 0 Å². The van der Waals surface area contributed by atoms with E-state index in [-0.39, 0.29) is 24.3 Å². The molecule has 0 aliphatic heterocycles. The molecule has 0 radical (unpaired) electrons. The first-order valence-corrected chi connectivity index (χ1v) is 8.20. The van der Waals surface area contributed by atoms with Crippen LogP contribution < -0.4 is 10.6 Å². The number of carbonyl (C=O) groups excluding carboxylic acids is 2. The Kier molecular flexibility index (Phi) is 7.91. The summed E-state index contributed by atoms with van der Waals surface area (Å²) < 4.78 is 0. The average molecular weight is 312 g/mol. The fourth-order valence-corrected chi connectivity index (χ4v) is 2.79. The number of hydrogen-bond donors (Lipinski definition) is 3. The summed E-state index contributed by atoms with van der Waals surface area (Å²) in [5, 5.41) is 14.2.